The Balaban J connectivity index is 2.36. The lowest BCUT2D eigenvalue weighted by atomic mass is 9.80. The smallest absolute Gasteiger partial charge is 0.0455 e. The Kier molecular flexibility index (Phi) is 3.29. The highest BCUT2D eigenvalue weighted by Gasteiger charge is 2.36. The van der Waals surface area contributed by atoms with E-state index in [-0.39, 0.29) is 5.54 Å². The van der Waals surface area contributed by atoms with Crippen molar-refractivity contribution in [2.75, 3.05) is 6.54 Å². The summed E-state index contributed by atoms with van der Waals surface area (Å²) < 4.78 is 0. The van der Waals surface area contributed by atoms with Crippen molar-refractivity contribution in [3.63, 3.8) is 0 Å². The van der Waals surface area contributed by atoms with Crippen LogP contribution in [0.2, 0.25) is 0 Å². The SMILES string of the molecule is Cc1ccncc1C1(CC(C)C)CCCN1. The summed E-state index contributed by atoms with van der Waals surface area (Å²) in [5.41, 5.74) is 2.96. The Hall–Kier alpha value is -0.890. The molecule has 1 atom stereocenters. The Morgan fingerprint density at radius 2 is 2.31 bits per heavy atom. The fourth-order valence-electron chi connectivity index (χ4n) is 2.98. The molecule has 0 aliphatic carbocycles. The first-order chi connectivity index (χ1) is 7.64. The minimum Gasteiger partial charge on any atom is -0.307 e. The zero-order valence-corrected chi connectivity index (χ0v) is 10.6. The van der Waals surface area contributed by atoms with Crippen LogP contribution in [0.4, 0.5) is 0 Å². The predicted octanol–water partition coefficient (Wildman–Crippen LogP) is 3.01. The van der Waals surface area contributed by atoms with E-state index >= 15 is 0 Å². The molecule has 1 unspecified atom stereocenters. The topological polar surface area (TPSA) is 24.9 Å². The summed E-state index contributed by atoms with van der Waals surface area (Å²) in [5, 5.41) is 3.72. The van der Waals surface area contributed by atoms with Crippen molar-refractivity contribution in [3.05, 3.63) is 29.6 Å². The van der Waals surface area contributed by atoms with E-state index in [1.807, 2.05) is 6.20 Å². The number of nitrogens with zero attached hydrogens (tertiary/aromatic N) is 1. The van der Waals surface area contributed by atoms with E-state index in [1.165, 1.54) is 30.4 Å². The molecule has 2 heteroatoms. The van der Waals surface area contributed by atoms with Gasteiger partial charge in [0.15, 0.2) is 0 Å². The first kappa shape index (κ1) is 11.6. The number of hydrogen-bond acceptors (Lipinski definition) is 2. The second kappa shape index (κ2) is 4.54. The average molecular weight is 218 g/mol. The molecule has 2 heterocycles. The van der Waals surface area contributed by atoms with Gasteiger partial charge in [-0.05, 0) is 55.8 Å². The molecule has 1 saturated heterocycles. The molecule has 0 aromatic carbocycles. The lowest BCUT2D eigenvalue weighted by Crippen LogP contribution is -2.38. The van der Waals surface area contributed by atoms with Crippen molar-refractivity contribution < 1.29 is 0 Å². The summed E-state index contributed by atoms with van der Waals surface area (Å²) >= 11 is 0. The Bertz CT molecular complexity index is 352. The molecule has 2 rings (SSSR count). The van der Waals surface area contributed by atoms with Gasteiger partial charge in [-0.25, -0.2) is 0 Å². The zero-order chi connectivity index (χ0) is 11.6. The molecule has 1 aliphatic rings. The van der Waals surface area contributed by atoms with Crippen molar-refractivity contribution in [3.8, 4) is 0 Å². The fraction of sp³-hybridized carbons (Fsp3) is 0.643. The molecule has 88 valence electrons. The fourth-order valence-corrected chi connectivity index (χ4v) is 2.98. The van der Waals surface area contributed by atoms with E-state index in [4.69, 9.17) is 0 Å². The van der Waals surface area contributed by atoms with Crippen molar-refractivity contribution in [1.82, 2.24) is 10.3 Å². The van der Waals surface area contributed by atoms with E-state index in [1.54, 1.807) is 0 Å². The Morgan fingerprint density at radius 3 is 2.88 bits per heavy atom. The highest BCUT2D eigenvalue weighted by molar-refractivity contribution is 5.31. The largest absolute Gasteiger partial charge is 0.307 e. The number of aromatic nitrogens is 1. The average Bonchev–Trinajstić information content (AvgIpc) is 2.67. The highest BCUT2D eigenvalue weighted by Crippen LogP contribution is 2.37. The van der Waals surface area contributed by atoms with E-state index in [0.717, 1.165) is 6.54 Å². The van der Waals surface area contributed by atoms with E-state index in [9.17, 15) is 0 Å². The molecule has 0 spiro atoms. The summed E-state index contributed by atoms with van der Waals surface area (Å²) in [7, 11) is 0. The van der Waals surface area contributed by atoms with Gasteiger partial charge in [-0.15, -0.1) is 0 Å². The quantitative estimate of drug-likeness (QED) is 0.843. The molecular formula is C14H22N2. The number of pyridine rings is 1. The van der Waals surface area contributed by atoms with Crippen molar-refractivity contribution >= 4 is 0 Å². The predicted molar refractivity (Wildman–Crippen MR) is 67.3 cm³/mol. The van der Waals surface area contributed by atoms with Gasteiger partial charge in [0, 0.05) is 17.9 Å². The molecule has 1 aromatic heterocycles. The van der Waals surface area contributed by atoms with Crippen LogP contribution in [0.25, 0.3) is 0 Å². The molecule has 1 aromatic rings. The van der Waals surface area contributed by atoms with Gasteiger partial charge in [0.2, 0.25) is 0 Å². The minimum absolute atomic E-state index is 0.187. The maximum Gasteiger partial charge on any atom is 0.0455 e. The summed E-state index contributed by atoms with van der Waals surface area (Å²) in [6.45, 7) is 7.93. The van der Waals surface area contributed by atoms with Crippen LogP contribution in [0.5, 0.6) is 0 Å². The number of hydrogen-bond donors (Lipinski definition) is 1. The van der Waals surface area contributed by atoms with Crippen molar-refractivity contribution in [1.29, 1.82) is 0 Å². The van der Waals surface area contributed by atoms with Gasteiger partial charge in [-0.3, -0.25) is 4.98 Å². The van der Waals surface area contributed by atoms with Gasteiger partial charge in [0.1, 0.15) is 0 Å². The normalized spacial score (nSPS) is 25.2. The Morgan fingerprint density at radius 1 is 1.50 bits per heavy atom. The summed E-state index contributed by atoms with van der Waals surface area (Å²) in [6, 6.07) is 2.12. The minimum atomic E-state index is 0.187. The number of nitrogens with one attached hydrogen (secondary N) is 1. The van der Waals surface area contributed by atoms with E-state index < -0.39 is 0 Å². The van der Waals surface area contributed by atoms with Gasteiger partial charge < -0.3 is 5.32 Å². The zero-order valence-electron chi connectivity index (χ0n) is 10.6. The molecule has 0 radical (unpaired) electrons. The number of rotatable bonds is 3. The lowest BCUT2D eigenvalue weighted by Gasteiger charge is -2.33. The van der Waals surface area contributed by atoms with Crippen LogP contribution < -0.4 is 5.32 Å². The van der Waals surface area contributed by atoms with Crippen LogP contribution in [0.1, 0.15) is 44.2 Å². The summed E-state index contributed by atoms with van der Waals surface area (Å²) in [4.78, 5) is 4.30. The third-order valence-corrected chi connectivity index (χ3v) is 3.56. The van der Waals surface area contributed by atoms with Gasteiger partial charge in [0.25, 0.3) is 0 Å². The molecular weight excluding hydrogens is 196 g/mol. The van der Waals surface area contributed by atoms with Crippen LogP contribution in [0.3, 0.4) is 0 Å². The second-order valence-corrected chi connectivity index (χ2v) is 5.40. The molecule has 1 fully saturated rings. The molecule has 0 amide bonds. The molecule has 2 nitrogen and oxygen atoms in total. The van der Waals surface area contributed by atoms with Crippen LogP contribution in [-0.4, -0.2) is 11.5 Å². The van der Waals surface area contributed by atoms with Crippen molar-refractivity contribution in [2.24, 2.45) is 5.92 Å². The van der Waals surface area contributed by atoms with Crippen molar-refractivity contribution in [2.45, 2.75) is 45.6 Å². The standard InChI is InChI=1S/C14H22N2/c1-11(2)9-14(6-4-7-16-14)13-10-15-8-5-12(13)3/h5,8,10-11,16H,4,6-7,9H2,1-3H3. The van der Waals surface area contributed by atoms with Crippen LogP contribution in [-0.2, 0) is 5.54 Å². The van der Waals surface area contributed by atoms with Gasteiger partial charge >= 0.3 is 0 Å². The first-order valence-electron chi connectivity index (χ1n) is 6.30. The molecule has 1 N–H and O–H groups in total. The van der Waals surface area contributed by atoms with Gasteiger partial charge in [-0.1, -0.05) is 13.8 Å². The Labute approximate surface area is 98.5 Å². The van der Waals surface area contributed by atoms with E-state index in [2.05, 4.69) is 43.3 Å². The van der Waals surface area contributed by atoms with Crippen LogP contribution in [0.15, 0.2) is 18.5 Å². The summed E-state index contributed by atoms with van der Waals surface area (Å²) in [5.74, 6) is 0.713. The summed E-state index contributed by atoms with van der Waals surface area (Å²) in [6.07, 6.45) is 7.67. The molecule has 0 saturated carbocycles. The molecule has 16 heavy (non-hydrogen) atoms. The van der Waals surface area contributed by atoms with Gasteiger partial charge in [-0.2, -0.15) is 0 Å². The molecule has 1 aliphatic heterocycles. The number of aryl methyl sites for hydroxylation is 1. The maximum atomic E-state index is 4.30. The maximum absolute atomic E-state index is 4.30. The monoisotopic (exact) mass is 218 g/mol. The highest BCUT2D eigenvalue weighted by atomic mass is 15.0. The van der Waals surface area contributed by atoms with Crippen LogP contribution in [0, 0.1) is 12.8 Å². The van der Waals surface area contributed by atoms with E-state index in [0.29, 0.717) is 5.92 Å². The lowest BCUT2D eigenvalue weighted by molar-refractivity contribution is 0.309. The second-order valence-electron chi connectivity index (χ2n) is 5.40. The molecule has 0 bridgehead atoms. The first-order valence-corrected chi connectivity index (χ1v) is 6.30. The van der Waals surface area contributed by atoms with Crippen LogP contribution >= 0.6 is 0 Å². The van der Waals surface area contributed by atoms with Gasteiger partial charge in [0.05, 0.1) is 0 Å². The third-order valence-electron chi connectivity index (χ3n) is 3.56. The third kappa shape index (κ3) is 2.12.